The van der Waals surface area contributed by atoms with Gasteiger partial charge in [0.05, 0.1) is 6.10 Å². The second-order valence-corrected chi connectivity index (χ2v) is 6.62. The van der Waals surface area contributed by atoms with Crippen molar-refractivity contribution in [1.29, 1.82) is 0 Å². The molecule has 0 spiro atoms. The predicted octanol–water partition coefficient (Wildman–Crippen LogP) is 4.16. The van der Waals surface area contributed by atoms with Crippen molar-refractivity contribution < 1.29 is 9.53 Å². The first-order valence-electron chi connectivity index (χ1n) is 7.73. The number of nitrogens with one attached hydrogen (secondary N) is 1. The molecule has 2 rings (SSSR count). The number of hydrogen-bond donors (Lipinski definition) is 1. The first-order chi connectivity index (χ1) is 10.1. The number of ether oxygens (including phenoxy) is 1. The molecular weight excluding hydrogens is 330 g/mol. The Morgan fingerprint density at radius 1 is 1.38 bits per heavy atom. The number of amides is 1. The Morgan fingerprint density at radius 3 is 2.86 bits per heavy atom. The highest BCUT2D eigenvalue weighted by Gasteiger charge is 2.25. The lowest BCUT2D eigenvalue weighted by Crippen LogP contribution is -2.42. The van der Waals surface area contributed by atoms with Crippen LogP contribution in [0, 0.1) is 5.92 Å². The first-order valence-corrected chi connectivity index (χ1v) is 8.86. The Hall–Kier alpha value is -1.03. The van der Waals surface area contributed by atoms with Gasteiger partial charge in [-0.3, -0.25) is 4.79 Å². The minimum atomic E-state index is 0.00190. The fraction of sp³-hybridized carbons (Fsp3) is 0.588. The molecule has 3 nitrogen and oxygen atoms in total. The van der Waals surface area contributed by atoms with Gasteiger partial charge in [-0.15, -0.1) is 0 Å². The van der Waals surface area contributed by atoms with Crippen LogP contribution < -0.4 is 10.1 Å². The molecule has 0 bridgehead atoms. The van der Waals surface area contributed by atoms with Crippen LogP contribution in [0.15, 0.2) is 24.3 Å². The Labute approximate surface area is 135 Å². The summed E-state index contributed by atoms with van der Waals surface area (Å²) in [5.74, 6) is 1.29. The average Bonchev–Trinajstić information content (AvgIpc) is 2.47. The predicted molar refractivity (Wildman–Crippen MR) is 89.2 cm³/mol. The molecule has 4 heteroatoms. The van der Waals surface area contributed by atoms with Crippen LogP contribution in [0.25, 0.3) is 0 Å². The molecule has 0 saturated heterocycles. The van der Waals surface area contributed by atoms with E-state index in [0.717, 1.165) is 17.5 Å². The molecular formula is C17H24BrNO2. The van der Waals surface area contributed by atoms with Crippen LogP contribution in [0.2, 0.25) is 0 Å². The summed E-state index contributed by atoms with van der Waals surface area (Å²) in [5.41, 5.74) is 0.673. The van der Waals surface area contributed by atoms with Gasteiger partial charge < -0.3 is 10.1 Å². The van der Waals surface area contributed by atoms with E-state index in [1.807, 2.05) is 38.1 Å². The molecule has 1 aromatic rings. The van der Waals surface area contributed by atoms with Gasteiger partial charge >= 0.3 is 0 Å². The van der Waals surface area contributed by atoms with Crippen LogP contribution in [0.3, 0.4) is 0 Å². The monoisotopic (exact) mass is 353 g/mol. The zero-order chi connectivity index (χ0) is 15.2. The van der Waals surface area contributed by atoms with Gasteiger partial charge in [0.1, 0.15) is 5.75 Å². The van der Waals surface area contributed by atoms with Crippen LogP contribution in [-0.4, -0.2) is 23.4 Å². The molecule has 0 aromatic heterocycles. The van der Waals surface area contributed by atoms with Gasteiger partial charge in [0.25, 0.3) is 5.91 Å². The first kappa shape index (κ1) is 16.3. The highest BCUT2D eigenvalue weighted by Crippen LogP contribution is 2.26. The third-order valence-electron chi connectivity index (χ3n) is 3.89. The van der Waals surface area contributed by atoms with E-state index in [1.165, 1.54) is 19.3 Å². The average molecular weight is 354 g/mol. The maximum atomic E-state index is 12.4. The summed E-state index contributed by atoms with van der Waals surface area (Å²) in [4.78, 5) is 12.4. The summed E-state index contributed by atoms with van der Waals surface area (Å²) in [6, 6.07) is 7.70. The number of halogens is 1. The van der Waals surface area contributed by atoms with E-state index in [-0.39, 0.29) is 18.1 Å². The largest absolute Gasteiger partial charge is 0.491 e. The van der Waals surface area contributed by atoms with Crippen molar-refractivity contribution in [2.45, 2.75) is 51.7 Å². The van der Waals surface area contributed by atoms with Crippen molar-refractivity contribution >= 4 is 21.8 Å². The van der Waals surface area contributed by atoms with E-state index in [2.05, 4.69) is 21.2 Å². The smallest absolute Gasteiger partial charge is 0.251 e. The van der Waals surface area contributed by atoms with Gasteiger partial charge in [0.15, 0.2) is 0 Å². The minimum Gasteiger partial charge on any atom is -0.491 e. The summed E-state index contributed by atoms with van der Waals surface area (Å²) in [5, 5.41) is 4.15. The lowest BCUT2D eigenvalue weighted by atomic mass is 9.86. The molecule has 1 N–H and O–H groups in total. The topological polar surface area (TPSA) is 38.3 Å². The SMILES string of the molecule is CC(C)Oc1cccc(C(=O)NC2CCCCC2CBr)c1. The molecule has 1 amide bonds. The summed E-state index contributed by atoms with van der Waals surface area (Å²) in [6.07, 6.45) is 4.83. The van der Waals surface area contributed by atoms with Crippen molar-refractivity contribution in [3.8, 4) is 5.75 Å². The van der Waals surface area contributed by atoms with Crippen LogP contribution in [0.1, 0.15) is 49.9 Å². The molecule has 21 heavy (non-hydrogen) atoms. The Bertz CT molecular complexity index is 476. The van der Waals surface area contributed by atoms with Gasteiger partial charge in [-0.05, 0) is 50.8 Å². The zero-order valence-electron chi connectivity index (χ0n) is 12.8. The maximum absolute atomic E-state index is 12.4. The van der Waals surface area contributed by atoms with Crippen molar-refractivity contribution in [2.24, 2.45) is 5.92 Å². The summed E-state index contributed by atoms with van der Waals surface area (Å²) in [6.45, 7) is 3.96. The highest BCUT2D eigenvalue weighted by molar-refractivity contribution is 9.09. The van der Waals surface area contributed by atoms with Crippen molar-refractivity contribution in [1.82, 2.24) is 5.32 Å². The number of carbonyl (C=O) groups is 1. The van der Waals surface area contributed by atoms with Crippen molar-refractivity contribution in [3.63, 3.8) is 0 Å². The minimum absolute atomic E-state index is 0.00190. The van der Waals surface area contributed by atoms with Crippen LogP contribution in [0.4, 0.5) is 0 Å². The van der Waals surface area contributed by atoms with Crippen LogP contribution >= 0.6 is 15.9 Å². The summed E-state index contributed by atoms with van der Waals surface area (Å²) in [7, 11) is 0. The Balaban J connectivity index is 2.02. The van der Waals surface area contributed by atoms with Crippen LogP contribution in [0.5, 0.6) is 5.75 Å². The molecule has 0 radical (unpaired) electrons. The van der Waals surface area contributed by atoms with Gasteiger partial charge in [0, 0.05) is 16.9 Å². The summed E-state index contributed by atoms with van der Waals surface area (Å²) >= 11 is 3.56. The Morgan fingerprint density at radius 2 is 2.14 bits per heavy atom. The fourth-order valence-corrected chi connectivity index (χ4v) is 3.59. The lowest BCUT2D eigenvalue weighted by molar-refractivity contribution is 0.0911. The second-order valence-electron chi connectivity index (χ2n) is 5.97. The molecule has 1 fully saturated rings. The number of alkyl halides is 1. The van der Waals surface area contributed by atoms with Gasteiger partial charge in [0.2, 0.25) is 0 Å². The molecule has 1 aliphatic rings. The molecule has 0 aliphatic heterocycles. The summed E-state index contributed by atoms with van der Waals surface area (Å²) < 4.78 is 5.65. The molecule has 1 aliphatic carbocycles. The number of benzene rings is 1. The van der Waals surface area contributed by atoms with Gasteiger partial charge in [-0.25, -0.2) is 0 Å². The molecule has 2 atom stereocenters. The van der Waals surface area contributed by atoms with E-state index < -0.39 is 0 Å². The zero-order valence-corrected chi connectivity index (χ0v) is 14.4. The molecule has 1 saturated carbocycles. The van der Waals surface area contributed by atoms with E-state index >= 15 is 0 Å². The normalized spacial score (nSPS) is 22.1. The fourth-order valence-electron chi connectivity index (χ4n) is 2.82. The van der Waals surface area contributed by atoms with Crippen LogP contribution in [-0.2, 0) is 0 Å². The molecule has 116 valence electrons. The lowest BCUT2D eigenvalue weighted by Gasteiger charge is -2.31. The van der Waals surface area contributed by atoms with E-state index in [4.69, 9.17) is 4.74 Å². The number of carbonyl (C=O) groups excluding carboxylic acids is 1. The molecule has 0 heterocycles. The van der Waals surface area contributed by atoms with Crippen molar-refractivity contribution in [2.75, 3.05) is 5.33 Å². The Kier molecular flexibility index (Phi) is 6.09. The maximum Gasteiger partial charge on any atom is 0.251 e. The second kappa shape index (κ2) is 7.83. The molecule has 2 unspecified atom stereocenters. The highest BCUT2D eigenvalue weighted by atomic mass is 79.9. The van der Waals surface area contributed by atoms with E-state index in [1.54, 1.807) is 0 Å². The third kappa shape index (κ3) is 4.73. The van der Waals surface area contributed by atoms with E-state index in [9.17, 15) is 4.79 Å². The van der Waals surface area contributed by atoms with Gasteiger partial charge in [-0.1, -0.05) is 34.8 Å². The van der Waals surface area contributed by atoms with Gasteiger partial charge in [-0.2, -0.15) is 0 Å². The number of rotatable bonds is 5. The standard InChI is InChI=1S/C17H24BrNO2/c1-12(2)21-15-8-5-7-13(10-15)17(20)19-16-9-4-3-6-14(16)11-18/h5,7-8,10,12,14,16H,3-4,6,9,11H2,1-2H3,(H,19,20). The van der Waals surface area contributed by atoms with Crippen molar-refractivity contribution in [3.05, 3.63) is 29.8 Å². The quantitative estimate of drug-likeness (QED) is 0.807. The third-order valence-corrected chi connectivity index (χ3v) is 4.72. The molecule has 1 aromatic carbocycles. The number of hydrogen-bond acceptors (Lipinski definition) is 2. The van der Waals surface area contributed by atoms with E-state index in [0.29, 0.717) is 11.5 Å².